The van der Waals surface area contributed by atoms with Crippen molar-refractivity contribution >= 4 is 37.4 Å². The van der Waals surface area contributed by atoms with Crippen LogP contribution in [0.5, 0.6) is 0 Å². The molecule has 2 aromatic rings. The van der Waals surface area contributed by atoms with Crippen LogP contribution in [-0.2, 0) is 30.5 Å². The summed E-state index contributed by atoms with van der Waals surface area (Å²) in [5.74, 6) is -0.810. The third-order valence-corrected chi connectivity index (χ3v) is 6.18. The van der Waals surface area contributed by atoms with E-state index in [0.717, 1.165) is 10.6 Å². The van der Waals surface area contributed by atoms with Gasteiger partial charge in [0.25, 0.3) is 0 Å². The molecule has 0 bridgehead atoms. The fraction of sp³-hybridized carbons (Fsp3) is 0.235. The highest BCUT2D eigenvalue weighted by Gasteiger charge is 2.16. The number of carbonyl (C=O) groups is 1. The van der Waals surface area contributed by atoms with Gasteiger partial charge in [-0.05, 0) is 35.9 Å². The van der Waals surface area contributed by atoms with E-state index in [4.69, 9.17) is 0 Å². The van der Waals surface area contributed by atoms with Crippen LogP contribution in [0, 0.1) is 0 Å². The number of anilines is 2. The third-order valence-electron chi connectivity index (χ3n) is 3.71. The van der Waals surface area contributed by atoms with Crippen LogP contribution >= 0.6 is 0 Å². The van der Waals surface area contributed by atoms with Crippen LogP contribution in [0.25, 0.3) is 0 Å². The topological polar surface area (TPSA) is 110 Å². The fourth-order valence-electron chi connectivity index (χ4n) is 2.25. The Bertz CT molecular complexity index is 1030. The Morgan fingerprint density at radius 1 is 1.07 bits per heavy atom. The lowest BCUT2D eigenvalue weighted by Gasteiger charge is -2.17. The van der Waals surface area contributed by atoms with Crippen LogP contribution in [0.1, 0.15) is 15.9 Å². The molecule has 0 aliphatic carbocycles. The Balaban J connectivity index is 2.16. The number of hydrogen-bond acceptors (Lipinski definition) is 6. The predicted octanol–water partition coefficient (Wildman–Crippen LogP) is 1.81. The number of nitrogens with zero attached hydrogens (tertiary/aromatic N) is 1. The van der Waals surface area contributed by atoms with Crippen molar-refractivity contribution in [3.05, 3.63) is 59.7 Å². The zero-order valence-electron chi connectivity index (χ0n) is 15.0. The Labute approximate surface area is 158 Å². The number of methoxy groups -OCH3 is 1. The molecule has 2 aromatic carbocycles. The smallest absolute Gasteiger partial charge is 0.337 e. The van der Waals surface area contributed by atoms with Crippen LogP contribution in [0.3, 0.4) is 0 Å². The first-order chi connectivity index (χ1) is 12.5. The van der Waals surface area contributed by atoms with E-state index >= 15 is 0 Å². The van der Waals surface area contributed by atoms with Gasteiger partial charge in [-0.1, -0.05) is 18.2 Å². The molecule has 1 N–H and O–H groups in total. The number of nitrogens with one attached hydrogen (secondary N) is 1. The van der Waals surface area contributed by atoms with E-state index in [-0.39, 0.29) is 11.4 Å². The molecule has 0 radical (unpaired) electrons. The van der Waals surface area contributed by atoms with Crippen molar-refractivity contribution in [3.8, 4) is 0 Å². The normalized spacial score (nSPS) is 11.7. The highest BCUT2D eigenvalue weighted by molar-refractivity contribution is 7.92. The molecule has 27 heavy (non-hydrogen) atoms. The number of rotatable bonds is 7. The third kappa shape index (κ3) is 5.69. The Kier molecular flexibility index (Phi) is 6.11. The lowest BCUT2D eigenvalue weighted by Crippen LogP contribution is -2.25. The minimum absolute atomic E-state index is 0.245. The van der Waals surface area contributed by atoms with Crippen molar-refractivity contribution in [3.63, 3.8) is 0 Å². The molecule has 0 aliphatic heterocycles. The molecule has 0 saturated heterocycles. The summed E-state index contributed by atoms with van der Waals surface area (Å²) in [5.41, 5.74) is 1.39. The molecule has 10 heteroatoms. The summed E-state index contributed by atoms with van der Waals surface area (Å²) in [6, 6.07) is 12.1. The molecule has 2 rings (SSSR count). The van der Waals surface area contributed by atoms with Gasteiger partial charge in [-0.2, -0.15) is 0 Å². The number of ether oxygens (including phenoxy) is 1. The standard InChI is InChI=1S/C17H20N2O6S2/c1-19(26(3,21)22)16-6-4-5-15(11-16)18-27(23,24)12-13-7-9-14(10-8-13)17(20)25-2/h4-11,18H,12H2,1-3H3. The Hall–Kier alpha value is -2.59. The molecule has 0 heterocycles. The summed E-state index contributed by atoms with van der Waals surface area (Å²) < 4.78 is 56.1. The summed E-state index contributed by atoms with van der Waals surface area (Å²) in [4.78, 5) is 11.4. The first-order valence-corrected chi connectivity index (χ1v) is 11.2. The second kappa shape index (κ2) is 7.97. The average Bonchev–Trinajstić information content (AvgIpc) is 2.59. The first-order valence-electron chi connectivity index (χ1n) is 7.73. The lowest BCUT2D eigenvalue weighted by molar-refractivity contribution is 0.0600. The van der Waals surface area contributed by atoms with E-state index < -0.39 is 26.0 Å². The molecule has 0 aromatic heterocycles. The number of sulfonamides is 2. The van der Waals surface area contributed by atoms with Crippen LogP contribution in [0.15, 0.2) is 48.5 Å². The molecule has 0 saturated carbocycles. The van der Waals surface area contributed by atoms with Crippen LogP contribution in [0.2, 0.25) is 0 Å². The van der Waals surface area contributed by atoms with Gasteiger partial charge in [0.2, 0.25) is 20.0 Å². The number of benzene rings is 2. The van der Waals surface area contributed by atoms with E-state index in [9.17, 15) is 21.6 Å². The van der Waals surface area contributed by atoms with Crippen molar-refractivity contribution < 1.29 is 26.4 Å². The summed E-state index contributed by atoms with van der Waals surface area (Å²) >= 11 is 0. The van der Waals surface area contributed by atoms with Crippen molar-refractivity contribution in [2.24, 2.45) is 0 Å². The quantitative estimate of drug-likeness (QED) is 0.695. The number of carbonyl (C=O) groups excluding carboxylic acids is 1. The summed E-state index contributed by atoms with van der Waals surface area (Å²) in [6.45, 7) is 0. The van der Waals surface area contributed by atoms with Gasteiger partial charge in [-0.25, -0.2) is 21.6 Å². The van der Waals surface area contributed by atoms with Gasteiger partial charge in [0.15, 0.2) is 0 Å². The fourth-order valence-corrected chi connectivity index (χ4v) is 3.93. The van der Waals surface area contributed by atoms with Crippen molar-refractivity contribution in [1.82, 2.24) is 0 Å². The van der Waals surface area contributed by atoms with Gasteiger partial charge in [-0.3, -0.25) is 9.03 Å². The average molecular weight is 412 g/mol. The molecule has 0 amide bonds. The maximum absolute atomic E-state index is 12.4. The molecule has 0 atom stereocenters. The number of esters is 1. The molecule has 0 aliphatic rings. The molecule has 0 unspecified atom stereocenters. The zero-order chi connectivity index (χ0) is 20.2. The maximum atomic E-state index is 12.4. The van der Waals surface area contributed by atoms with Gasteiger partial charge < -0.3 is 4.74 Å². The maximum Gasteiger partial charge on any atom is 0.337 e. The monoisotopic (exact) mass is 412 g/mol. The highest BCUT2D eigenvalue weighted by Crippen LogP contribution is 2.22. The van der Waals surface area contributed by atoms with Gasteiger partial charge in [0.1, 0.15) is 0 Å². The molecule has 0 fully saturated rings. The first kappa shape index (κ1) is 20.7. The zero-order valence-corrected chi connectivity index (χ0v) is 16.7. The second-order valence-corrected chi connectivity index (χ2v) is 9.57. The van der Waals surface area contributed by atoms with Crippen LogP contribution in [0.4, 0.5) is 11.4 Å². The second-order valence-electron chi connectivity index (χ2n) is 5.83. The van der Waals surface area contributed by atoms with E-state index in [1.54, 1.807) is 12.1 Å². The summed E-state index contributed by atoms with van der Waals surface area (Å²) in [5, 5.41) is 0. The molecule has 0 spiro atoms. The molecular formula is C17H20N2O6S2. The van der Waals surface area contributed by atoms with Crippen molar-refractivity contribution in [2.75, 3.05) is 29.4 Å². The predicted molar refractivity (Wildman–Crippen MR) is 104 cm³/mol. The van der Waals surface area contributed by atoms with Crippen molar-refractivity contribution in [1.29, 1.82) is 0 Å². The van der Waals surface area contributed by atoms with Gasteiger partial charge in [0, 0.05) is 7.05 Å². The van der Waals surface area contributed by atoms with E-state index in [2.05, 4.69) is 9.46 Å². The largest absolute Gasteiger partial charge is 0.465 e. The molecular weight excluding hydrogens is 392 g/mol. The minimum atomic E-state index is -3.74. The van der Waals surface area contributed by atoms with E-state index in [1.807, 2.05) is 0 Å². The SMILES string of the molecule is COC(=O)c1ccc(CS(=O)(=O)Nc2cccc(N(C)S(C)(=O)=O)c2)cc1. The van der Waals surface area contributed by atoms with E-state index in [0.29, 0.717) is 16.8 Å². The lowest BCUT2D eigenvalue weighted by atomic mass is 10.1. The molecule has 8 nitrogen and oxygen atoms in total. The minimum Gasteiger partial charge on any atom is -0.465 e. The van der Waals surface area contributed by atoms with Crippen LogP contribution in [-0.4, -0.2) is 43.2 Å². The Morgan fingerprint density at radius 2 is 1.70 bits per heavy atom. The highest BCUT2D eigenvalue weighted by atomic mass is 32.2. The van der Waals surface area contributed by atoms with Crippen LogP contribution < -0.4 is 9.03 Å². The Morgan fingerprint density at radius 3 is 2.26 bits per heavy atom. The van der Waals surface area contributed by atoms with Gasteiger partial charge >= 0.3 is 5.97 Å². The summed E-state index contributed by atoms with van der Waals surface area (Å²) in [6.07, 6.45) is 1.06. The number of hydrogen-bond donors (Lipinski definition) is 1. The van der Waals surface area contributed by atoms with Crippen molar-refractivity contribution in [2.45, 2.75) is 5.75 Å². The van der Waals surface area contributed by atoms with E-state index in [1.165, 1.54) is 50.6 Å². The van der Waals surface area contributed by atoms with Gasteiger partial charge in [0.05, 0.1) is 36.1 Å². The summed E-state index contributed by atoms with van der Waals surface area (Å²) in [7, 11) is -4.55. The molecule has 146 valence electrons. The van der Waals surface area contributed by atoms with Gasteiger partial charge in [-0.15, -0.1) is 0 Å².